The number of benzene rings is 2. The van der Waals surface area contributed by atoms with Crippen LogP contribution in [0.2, 0.25) is 0 Å². The minimum atomic E-state index is -4.34. The first-order valence-corrected chi connectivity index (χ1v) is 10.5. The van der Waals surface area contributed by atoms with Gasteiger partial charge in [-0.15, -0.1) is 0 Å². The first kappa shape index (κ1) is 19.5. The van der Waals surface area contributed by atoms with E-state index in [1.165, 1.54) is 12.1 Å². The molecule has 1 saturated heterocycles. The Morgan fingerprint density at radius 1 is 1.03 bits per heavy atom. The number of ether oxygens (including phenoxy) is 1. The van der Waals surface area contributed by atoms with E-state index in [0.29, 0.717) is 37.9 Å². The molecular formula is C22H18F3NO3S. The van der Waals surface area contributed by atoms with Crippen LogP contribution >= 0.6 is 11.8 Å². The molecule has 2 aliphatic heterocycles. The number of amides is 1. The molecule has 0 N–H and O–H groups in total. The highest BCUT2D eigenvalue weighted by molar-refractivity contribution is 8.00. The van der Waals surface area contributed by atoms with Gasteiger partial charge in [0, 0.05) is 23.4 Å². The molecule has 0 aromatic heterocycles. The average molecular weight is 433 g/mol. The minimum absolute atomic E-state index is 0.0453. The highest BCUT2D eigenvalue weighted by Gasteiger charge is 2.57. The predicted molar refractivity (Wildman–Crippen MR) is 104 cm³/mol. The first-order chi connectivity index (χ1) is 14.2. The number of alkyl halides is 3. The molecule has 8 heteroatoms. The smallest absolute Gasteiger partial charge is 0.446 e. The molecule has 1 amide bonds. The van der Waals surface area contributed by atoms with Crippen molar-refractivity contribution in [2.75, 3.05) is 13.1 Å². The molecule has 2 aromatic rings. The summed E-state index contributed by atoms with van der Waals surface area (Å²) in [4.78, 5) is 27.5. The van der Waals surface area contributed by atoms with Crippen LogP contribution in [-0.4, -0.2) is 35.4 Å². The molecule has 1 spiro atoms. The molecule has 3 aliphatic rings. The van der Waals surface area contributed by atoms with Crippen molar-refractivity contribution in [3.8, 4) is 0 Å². The summed E-state index contributed by atoms with van der Waals surface area (Å²) in [5, 5.41) is 0. The summed E-state index contributed by atoms with van der Waals surface area (Å²) in [6.45, 7) is 0.780. The van der Waals surface area contributed by atoms with Crippen LogP contribution in [0.25, 0.3) is 0 Å². The molecule has 1 saturated carbocycles. The van der Waals surface area contributed by atoms with Crippen molar-refractivity contribution in [2.45, 2.75) is 40.7 Å². The van der Waals surface area contributed by atoms with Crippen LogP contribution in [0.15, 0.2) is 53.4 Å². The van der Waals surface area contributed by atoms with Gasteiger partial charge in [0.25, 0.3) is 0 Å². The number of fused-ring (bicyclic) bond motifs is 2. The molecule has 4 nitrogen and oxygen atoms in total. The van der Waals surface area contributed by atoms with E-state index in [0.717, 1.165) is 11.1 Å². The van der Waals surface area contributed by atoms with Crippen molar-refractivity contribution in [1.82, 2.24) is 4.90 Å². The molecule has 2 heterocycles. The van der Waals surface area contributed by atoms with Gasteiger partial charge in [-0.2, -0.15) is 13.2 Å². The van der Waals surface area contributed by atoms with Crippen LogP contribution in [0, 0.1) is 0 Å². The number of nitrogens with zero attached hydrogens (tertiary/aromatic N) is 1. The van der Waals surface area contributed by atoms with Gasteiger partial charge in [-0.3, -0.25) is 4.79 Å². The zero-order chi connectivity index (χ0) is 21.1. The van der Waals surface area contributed by atoms with E-state index in [-0.39, 0.29) is 28.5 Å². The molecule has 0 radical (unpaired) electrons. The van der Waals surface area contributed by atoms with E-state index in [1.807, 2.05) is 12.1 Å². The summed E-state index contributed by atoms with van der Waals surface area (Å²) >= 11 is -0.163. The van der Waals surface area contributed by atoms with Crippen LogP contribution in [0.5, 0.6) is 0 Å². The lowest BCUT2D eigenvalue weighted by Crippen LogP contribution is -2.40. The van der Waals surface area contributed by atoms with Crippen molar-refractivity contribution in [2.24, 2.45) is 0 Å². The average Bonchev–Trinajstić information content (AvgIpc) is 3.33. The fraction of sp³-hybridized carbons (Fsp3) is 0.364. The lowest BCUT2D eigenvalue weighted by atomic mass is 9.91. The third-order valence-corrected chi connectivity index (χ3v) is 6.98. The lowest BCUT2D eigenvalue weighted by molar-refractivity contribution is -0.134. The maximum Gasteiger partial charge on any atom is 0.446 e. The van der Waals surface area contributed by atoms with Gasteiger partial charge in [-0.1, -0.05) is 30.3 Å². The normalized spacial score (nSPS) is 24.1. The van der Waals surface area contributed by atoms with E-state index in [9.17, 15) is 22.8 Å². The van der Waals surface area contributed by atoms with E-state index in [4.69, 9.17) is 4.74 Å². The number of carbonyl (C=O) groups excluding carboxylic acids is 2. The maximum absolute atomic E-state index is 13.4. The Morgan fingerprint density at radius 3 is 2.40 bits per heavy atom. The van der Waals surface area contributed by atoms with Crippen LogP contribution in [0.3, 0.4) is 0 Å². The summed E-state index contributed by atoms with van der Waals surface area (Å²) in [5.41, 5.74) is -3.71. The van der Waals surface area contributed by atoms with Gasteiger partial charge in [0.05, 0.1) is 17.5 Å². The number of thioether (sulfide) groups is 1. The number of rotatable bonds is 3. The van der Waals surface area contributed by atoms with Gasteiger partial charge in [0.1, 0.15) is 0 Å². The third-order valence-electron chi connectivity index (χ3n) is 6.24. The number of hydrogen-bond acceptors (Lipinski definition) is 4. The van der Waals surface area contributed by atoms with Gasteiger partial charge in [0.2, 0.25) is 5.91 Å². The highest BCUT2D eigenvalue weighted by Crippen LogP contribution is 2.52. The predicted octanol–water partition coefficient (Wildman–Crippen LogP) is 4.63. The van der Waals surface area contributed by atoms with Gasteiger partial charge in [-0.25, -0.2) is 4.79 Å². The van der Waals surface area contributed by atoms with Gasteiger partial charge in [-0.05, 0) is 48.4 Å². The summed E-state index contributed by atoms with van der Waals surface area (Å²) in [7, 11) is 0. The minimum Gasteiger partial charge on any atom is -0.449 e. The Balaban J connectivity index is 1.35. The number of carbonyl (C=O) groups is 2. The van der Waals surface area contributed by atoms with Crippen molar-refractivity contribution in [3.05, 3.63) is 65.2 Å². The monoisotopic (exact) mass is 433 g/mol. The maximum atomic E-state index is 13.4. The molecule has 5 rings (SSSR count). The quantitative estimate of drug-likeness (QED) is 0.523. The fourth-order valence-corrected chi connectivity index (χ4v) is 5.17. The summed E-state index contributed by atoms with van der Waals surface area (Å²) in [6.07, 6.45) is 1.87. The Labute approximate surface area is 175 Å². The van der Waals surface area contributed by atoms with Crippen molar-refractivity contribution >= 4 is 23.6 Å². The van der Waals surface area contributed by atoms with E-state index in [2.05, 4.69) is 0 Å². The summed E-state index contributed by atoms with van der Waals surface area (Å²) < 4.78 is 43.4. The van der Waals surface area contributed by atoms with Crippen molar-refractivity contribution in [3.63, 3.8) is 0 Å². The Bertz CT molecular complexity index is 1030. The second-order valence-corrected chi connectivity index (χ2v) is 9.20. The van der Waals surface area contributed by atoms with Crippen LogP contribution < -0.4 is 0 Å². The van der Waals surface area contributed by atoms with Crippen molar-refractivity contribution in [1.29, 1.82) is 0 Å². The second-order valence-electron chi connectivity index (χ2n) is 8.06. The first-order valence-electron chi connectivity index (χ1n) is 9.71. The van der Waals surface area contributed by atoms with Crippen molar-refractivity contribution < 1.29 is 27.5 Å². The fourth-order valence-electron chi connectivity index (χ4n) is 4.63. The Hall–Kier alpha value is -2.48. The molecule has 156 valence electrons. The molecule has 1 unspecified atom stereocenters. The van der Waals surface area contributed by atoms with E-state index < -0.39 is 16.5 Å². The number of hydrogen-bond donors (Lipinski definition) is 0. The van der Waals surface area contributed by atoms with Crippen LogP contribution in [0.1, 0.15) is 40.7 Å². The topological polar surface area (TPSA) is 46.6 Å². The van der Waals surface area contributed by atoms with Crippen LogP contribution in [-0.2, 0) is 20.5 Å². The summed E-state index contributed by atoms with van der Waals surface area (Å²) in [5.74, 6) is -0.408. The zero-order valence-electron chi connectivity index (χ0n) is 15.9. The molecule has 30 heavy (non-hydrogen) atoms. The standard InChI is InChI=1S/C22H18F3NO3S/c23-22(24,25)30-15-7-5-14(6-8-15)20(9-10-20)19(28)26-12-11-21(13-26)17-4-2-1-3-16(17)18(27)29-21/h1-8H,9-13H2. The largest absolute Gasteiger partial charge is 0.449 e. The summed E-state index contributed by atoms with van der Waals surface area (Å²) in [6, 6.07) is 13.3. The van der Waals surface area contributed by atoms with Gasteiger partial charge in [0.15, 0.2) is 5.60 Å². The molecule has 0 bridgehead atoms. The Kier molecular flexibility index (Phi) is 4.23. The number of halogens is 3. The SMILES string of the molecule is O=C1OC2(CCN(C(=O)C3(c4ccc(SC(F)(F)F)cc4)CC3)C2)c2ccccc21. The molecule has 2 aromatic carbocycles. The molecule has 2 fully saturated rings. The lowest BCUT2D eigenvalue weighted by Gasteiger charge is -2.27. The molecule has 1 atom stereocenters. The number of esters is 1. The van der Waals surface area contributed by atoms with E-state index in [1.54, 1.807) is 29.2 Å². The van der Waals surface area contributed by atoms with Crippen LogP contribution in [0.4, 0.5) is 13.2 Å². The van der Waals surface area contributed by atoms with E-state index >= 15 is 0 Å². The zero-order valence-corrected chi connectivity index (χ0v) is 16.7. The Morgan fingerprint density at radius 2 is 1.73 bits per heavy atom. The third kappa shape index (κ3) is 3.09. The van der Waals surface area contributed by atoms with Gasteiger partial charge < -0.3 is 9.64 Å². The van der Waals surface area contributed by atoms with Gasteiger partial charge >= 0.3 is 11.5 Å². The highest BCUT2D eigenvalue weighted by atomic mass is 32.2. The molecular weight excluding hydrogens is 415 g/mol. The second kappa shape index (κ2) is 6.51. The number of likely N-dealkylation sites (tertiary alicyclic amines) is 1. The molecule has 1 aliphatic carbocycles.